The first-order valence-corrected chi connectivity index (χ1v) is 13.3. The first kappa shape index (κ1) is 21.9. The van der Waals surface area contributed by atoms with Gasteiger partial charge in [-0.05, 0) is 71.7 Å². The van der Waals surface area contributed by atoms with Crippen LogP contribution in [-0.4, -0.2) is 44.3 Å². The Labute approximate surface area is 195 Å². The van der Waals surface area contributed by atoms with Gasteiger partial charge in [-0.3, -0.25) is 0 Å². The molecule has 1 unspecified atom stereocenters. The average Bonchev–Trinajstić information content (AvgIpc) is 3.26. The topological polar surface area (TPSA) is 72.4 Å². The van der Waals surface area contributed by atoms with Gasteiger partial charge in [-0.2, -0.15) is 0 Å². The molecule has 172 valence electrons. The lowest BCUT2D eigenvalue weighted by molar-refractivity contribution is 0.283. The number of nitrogens with zero attached hydrogens (tertiary/aromatic N) is 3. The number of hydrogen-bond donors (Lipinski definition) is 0. The molecule has 0 radical (unpaired) electrons. The van der Waals surface area contributed by atoms with Crippen LogP contribution in [0.15, 0.2) is 59.8 Å². The fraction of sp³-hybridized carbons (Fsp3) is 0.385. The Morgan fingerprint density at radius 3 is 2.27 bits per heavy atom. The van der Waals surface area contributed by atoms with Crippen molar-refractivity contribution in [2.45, 2.75) is 25.2 Å². The Morgan fingerprint density at radius 2 is 1.70 bits per heavy atom. The number of aryl methyl sites for hydroxylation is 2. The number of ether oxygens (including phenoxy) is 1. The maximum Gasteiger partial charge on any atom is 0.225 e. The molecule has 6 nitrogen and oxygen atoms in total. The Hall–Kier alpha value is -2.93. The predicted molar refractivity (Wildman–Crippen MR) is 129 cm³/mol. The molecule has 0 N–H and O–H groups in total. The molecule has 2 aliphatic rings. The van der Waals surface area contributed by atoms with Crippen molar-refractivity contribution in [3.05, 3.63) is 66.0 Å². The van der Waals surface area contributed by atoms with E-state index in [1.807, 2.05) is 49.6 Å². The molecule has 33 heavy (non-hydrogen) atoms. The predicted octanol–water partition coefficient (Wildman–Crippen LogP) is 4.18. The SMILES string of the molecule is CCc1cnc(N2C[C@@H]3C(COc4ccc(-c5ccc(S(C)(=O)=O)cc5C)cc4)[C@@H]3C2)nc1. The van der Waals surface area contributed by atoms with E-state index in [1.54, 1.807) is 12.1 Å². The summed E-state index contributed by atoms with van der Waals surface area (Å²) in [7, 11) is -3.20. The fourth-order valence-electron chi connectivity index (χ4n) is 4.87. The van der Waals surface area contributed by atoms with Crippen LogP contribution in [0.5, 0.6) is 5.75 Å². The van der Waals surface area contributed by atoms with Gasteiger partial charge in [-0.15, -0.1) is 0 Å². The number of sulfone groups is 1. The van der Waals surface area contributed by atoms with Crippen LogP contribution < -0.4 is 9.64 Å². The molecular formula is C26H29N3O3S. The molecule has 7 heteroatoms. The van der Waals surface area contributed by atoms with Crippen LogP contribution in [0.2, 0.25) is 0 Å². The van der Waals surface area contributed by atoms with E-state index in [2.05, 4.69) is 21.8 Å². The van der Waals surface area contributed by atoms with Crippen molar-refractivity contribution in [1.82, 2.24) is 9.97 Å². The van der Waals surface area contributed by atoms with Crippen molar-refractivity contribution in [1.29, 1.82) is 0 Å². The average molecular weight is 464 g/mol. The zero-order valence-electron chi connectivity index (χ0n) is 19.2. The third-order valence-electron chi connectivity index (χ3n) is 6.99. The zero-order chi connectivity index (χ0) is 23.2. The van der Waals surface area contributed by atoms with Crippen molar-refractivity contribution in [2.24, 2.45) is 17.8 Å². The highest BCUT2D eigenvalue weighted by atomic mass is 32.2. The second-order valence-electron chi connectivity index (χ2n) is 9.23. The van der Waals surface area contributed by atoms with Gasteiger partial charge in [0, 0.05) is 37.7 Å². The molecule has 5 rings (SSSR count). The van der Waals surface area contributed by atoms with Crippen molar-refractivity contribution in [3.63, 3.8) is 0 Å². The van der Waals surface area contributed by atoms with Gasteiger partial charge in [-0.1, -0.05) is 25.1 Å². The van der Waals surface area contributed by atoms with Gasteiger partial charge in [0.15, 0.2) is 9.84 Å². The normalized spacial score (nSPS) is 21.7. The second-order valence-corrected chi connectivity index (χ2v) is 11.2. The molecule has 1 aliphatic heterocycles. The van der Waals surface area contributed by atoms with Crippen LogP contribution in [0.4, 0.5) is 5.95 Å². The monoisotopic (exact) mass is 463 g/mol. The molecule has 1 aromatic heterocycles. The summed E-state index contributed by atoms with van der Waals surface area (Å²) in [5.41, 5.74) is 4.18. The summed E-state index contributed by atoms with van der Waals surface area (Å²) < 4.78 is 29.6. The molecule has 0 bridgehead atoms. The van der Waals surface area contributed by atoms with E-state index in [0.717, 1.165) is 54.5 Å². The summed E-state index contributed by atoms with van der Waals surface area (Å²) in [6.45, 7) is 6.80. The Balaban J connectivity index is 1.15. The first-order chi connectivity index (χ1) is 15.8. The standard InChI is InChI=1S/C26H29N3O3S/c1-4-18-12-27-26(28-13-18)29-14-23-24(15-29)25(23)16-32-20-7-5-19(6-8-20)22-10-9-21(11-17(22)2)33(3,30)31/h5-13,23-25H,4,14-16H2,1-3H3/t23-,24+,25?. The summed E-state index contributed by atoms with van der Waals surface area (Å²) in [6, 6.07) is 13.3. The Kier molecular flexibility index (Phi) is 5.60. The minimum atomic E-state index is -3.20. The number of fused-ring (bicyclic) bond motifs is 1. The number of rotatable bonds is 7. The van der Waals surface area contributed by atoms with Crippen LogP contribution in [-0.2, 0) is 16.3 Å². The maximum absolute atomic E-state index is 11.8. The summed E-state index contributed by atoms with van der Waals surface area (Å²) in [5, 5.41) is 0. The number of piperidine rings is 1. The molecule has 1 saturated carbocycles. The summed E-state index contributed by atoms with van der Waals surface area (Å²) >= 11 is 0. The second kappa shape index (κ2) is 8.45. The van der Waals surface area contributed by atoms with Crippen LogP contribution >= 0.6 is 0 Å². The molecule has 1 saturated heterocycles. The van der Waals surface area contributed by atoms with Crippen molar-refractivity contribution in [3.8, 4) is 16.9 Å². The van der Waals surface area contributed by atoms with Gasteiger partial charge in [0.25, 0.3) is 0 Å². The van der Waals surface area contributed by atoms with Gasteiger partial charge >= 0.3 is 0 Å². The van der Waals surface area contributed by atoms with Crippen LogP contribution in [0.25, 0.3) is 11.1 Å². The third-order valence-corrected chi connectivity index (χ3v) is 8.10. The fourth-order valence-corrected chi connectivity index (χ4v) is 5.57. The molecular weight excluding hydrogens is 434 g/mol. The third kappa shape index (κ3) is 4.47. The van der Waals surface area contributed by atoms with E-state index in [1.165, 1.54) is 11.8 Å². The van der Waals surface area contributed by atoms with E-state index in [-0.39, 0.29) is 0 Å². The molecule has 2 aromatic carbocycles. The molecule has 1 aliphatic carbocycles. The van der Waals surface area contributed by atoms with E-state index >= 15 is 0 Å². The van der Waals surface area contributed by atoms with Crippen molar-refractivity contribution >= 4 is 15.8 Å². The molecule has 2 fully saturated rings. The minimum absolute atomic E-state index is 0.349. The van der Waals surface area contributed by atoms with Gasteiger partial charge in [0.2, 0.25) is 5.95 Å². The maximum atomic E-state index is 11.8. The zero-order valence-corrected chi connectivity index (χ0v) is 20.0. The summed E-state index contributed by atoms with van der Waals surface area (Å²) in [5.74, 6) is 3.63. The highest BCUT2D eigenvalue weighted by molar-refractivity contribution is 7.90. The number of hydrogen-bond acceptors (Lipinski definition) is 6. The highest BCUT2D eigenvalue weighted by Gasteiger charge is 2.56. The Bertz CT molecular complexity index is 1240. The highest BCUT2D eigenvalue weighted by Crippen LogP contribution is 2.52. The minimum Gasteiger partial charge on any atom is -0.493 e. The molecule has 3 atom stereocenters. The first-order valence-electron chi connectivity index (χ1n) is 11.4. The number of aromatic nitrogens is 2. The lowest BCUT2D eigenvalue weighted by Crippen LogP contribution is -2.27. The van der Waals surface area contributed by atoms with E-state index < -0.39 is 9.84 Å². The lowest BCUT2D eigenvalue weighted by Gasteiger charge is -2.20. The molecule has 0 amide bonds. The van der Waals surface area contributed by atoms with Crippen molar-refractivity contribution in [2.75, 3.05) is 30.9 Å². The number of anilines is 1. The summed E-state index contributed by atoms with van der Waals surface area (Å²) in [4.78, 5) is 11.7. The van der Waals surface area contributed by atoms with E-state index in [4.69, 9.17) is 4.74 Å². The van der Waals surface area contributed by atoms with Gasteiger partial charge in [0.1, 0.15) is 5.75 Å². The largest absolute Gasteiger partial charge is 0.493 e. The van der Waals surface area contributed by atoms with Crippen molar-refractivity contribution < 1.29 is 13.2 Å². The lowest BCUT2D eigenvalue weighted by atomic mass is 10.0. The molecule has 2 heterocycles. The van der Waals surface area contributed by atoms with Gasteiger partial charge in [0.05, 0.1) is 11.5 Å². The van der Waals surface area contributed by atoms with Crippen LogP contribution in [0.3, 0.4) is 0 Å². The molecule has 3 aromatic rings. The van der Waals surface area contributed by atoms with E-state index in [0.29, 0.717) is 22.6 Å². The van der Waals surface area contributed by atoms with Crippen LogP contribution in [0.1, 0.15) is 18.1 Å². The smallest absolute Gasteiger partial charge is 0.225 e. The quantitative estimate of drug-likeness (QED) is 0.523. The van der Waals surface area contributed by atoms with Gasteiger partial charge < -0.3 is 9.64 Å². The molecule has 0 spiro atoms. The summed E-state index contributed by atoms with van der Waals surface area (Å²) in [6.07, 6.45) is 6.05. The van der Waals surface area contributed by atoms with E-state index in [9.17, 15) is 8.42 Å². The Morgan fingerprint density at radius 1 is 1.03 bits per heavy atom. The van der Waals surface area contributed by atoms with Crippen LogP contribution in [0, 0.1) is 24.7 Å². The number of benzene rings is 2. The van der Waals surface area contributed by atoms with Gasteiger partial charge in [-0.25, -0.2) is 18.4 Å².